The Morgan fingerprint density at radius 3 is 2.94 bits per heavy atom. The van der Waals surface area contributed by atoms with Crippen LogP contribution < -0.4 is 0 Å². The zero-order chi connectivity index (χ0) is 11.0. The fraction of sp³-hybridized carbons (Fsp3) is 0.455. The minimum Gasteiger partial charge on any atom is -0.504 e. The van der Waals surface area contributed by atoms with Gasteiger partial charge in [0.25, 0.3) is 0 Å². The first-order valence-electron chi connectivity index (χ1n) is 5.46. The van der Waals surface area contributed by atoms with E-state index in [0.717, 1.165) is 31.9 Å². The maximum Gasteiger partial charge on any atom is 0.203 e. The molecule has 1 N–H and O–H groups in total. The Kier molecular flexibility index (Phi) is 2.25. The van der Waals surface area contributed by atoms with Crippen molar-refractivity contribution in [1.29, 1.82) is 0 Å². The topological polar surface area (TPSA) is 59.7 Å². The predicted molar refractivity (Wildman–Crippen MR) is 57.4 cm³/mol. The molecule has 0 aromatic carbocycles. The molecule has 0 spiro atoms. The van der Waals surface area contributed by atoms with Gasteiger partial charge in [-0.2, -0.15) is 0 Å². The smallest absolute Gasteiger partial charge is 0.203 e. The molecule has 3 rings (SSSR count). The monoisotopic (exact) mass is 219 g/mol. The maximum atomic E-state index is 9.63. The summed E-state index contributed by atoms with van der Waals surface area (Å²) in [5, 5.41) is 17.8. The van der Waals surface area contributed by atoms with E-state index >= 15 is 0 Å². The van der Waals surface area contributed by atoms with Crippen LogP contribution >= 0.6 is 0 Å². The van der Waals surface area contributed by atoms with Gasteiger partial charge in [-0.1, -0.05) is 0 Å². The minimum absolute atomic E-state index is 0.174. The average molecular weight is 219 g/mol. The Morgan fingerprint density at radius 2 is 2.12 bits per heavy atom. The third-order valence-corrected chi connectivity index (χ3v) is 3.03. The van der Waals surface area contributed by atoms with E-state index in [1.807, 2.05) is 10.6 Å². The van der Waals surface area contributed by atoms with Crippen molar-refractivity contribution in [3.63, 3.8) is 0 Å². The molecule has 2 aromatic rings. The van der Waals surface area contributed by atoms with Crippen LogP contribution in [0.5, 0.6) is 5.75 Å². The van der Waals surface area contributed by atoms with E-state index in [1.165, 1.54) is 0 Å². The fourth-order valence-corrected chi connectivity index (χ4v) is 2.15. The summed E-state index contributed by atoms with van der Waals surface area (Å²) >= 11 is 0. The number of aromatic hydroxyl groups is 1. The fourth-order valence-electron chi connectivity index (χ4n) is 2.15. The molecule has 2 aromatic heterocycles. The molecular weight excluding hydrogens is 206 g/mol. The normalized spacial score (nSPS) is 18.0. The van der Waals surface area contributed by atoms with Crippen LogP contribution in [0.1, 0.15) is 24.6 Å². The van der Waals surface area contributed by atoms with Gasteiger partial charge < -0.3 is 9.84 Å². The highest BCUT2D eigenvalue weighted by Crippen LogP contribution is 2.27. The molecule has 5 heteroatoms. The lowest BCUT2D eigenvalue weighted by Gasteiger charge is -2.20. The van der Waals surface area contributed by atoms with Crippen LogP contribution in [0.25, 0.3) is 5.65 Å². The lowest BCUT2D eigenvalue weighted by molar-refractivity contribution is 0.0834. The summed E-state index contributed by atoms with van der Waals surface area (Å²) in [7, 11) is 0. The zero-order valence-corrected chi connectivity index (χ0v) is 8.83. The number of hydrogen-bond donors (Lipinski definition) is 1. The van der Waals surface area contributed by atoms with E-state index in [4.69, 9.17) is 4.74 Å². The molecule has 5 nitrogen and oxygen atoms in total. The summed E-state index contributed by atoms with van der Waals surface area (Å²) in [5.74, 6) is 1.48. The second-order valence-corrected chi connectivity index (χ2v) is 4.03. The molecule has 0 amide bonds. The van der Waals surface area contributed by atoms with E-state index in [0.29, 0.717) is 11.6 Å². The highest BCUT2D eigenvalue weighted by Gasteiger charge is 2.21. The summed E-state index contributed by atoms with van der Waals surface area (Å²) in [6, 6.07) is 3.42. The third-order valence-electron chi connectivity index (χ3n) is 3.03. The third kappa shape index (κ3) is 1.44. The second kappa shape index (κ2) is 3.75. The SMILES string of the molecule is Oc1cccn2c(C3CCOCC3)nnc12. The standard InChI is InChI=1S/C11H13N3O2/c15-9-2-1-5-14-10(12-13-11(9)14)8-3-6-16-7-4-8/h1-2,5,8,15H,3-4,6-7H2. The number of rotatable bonds is 1. The Balaban J connectivity index is 2.06. The molecule has 0 aliphatic carbocycles. The van der Waals surface area contributed by atoms with Gasteiger partial charge in [-0.25, -0.2) is 0 Å². The number of ether oxygens (including phenoxy) is 1. The Hall–Kier alpha value is -1.62. The average Bonchev–Trinajstić information content (AvgIpc) is 2.75. The summed E-state index contributed by atoms with van der Waals surface area (Å²) in [6.45, 7) is 1.55. The van der Waals surface area contributed by atoms with Gasteiger partial charge in [0.05, 0.1) is 0 Å². The highest BCUT2D eigenvalue weighted by atomic mass is 16.5. The lowest BCUT2D eigenvalue weighted by Crippen LogP contribution is -2.16. The van der Waals surface area contributed by atoms with E-state index in [1.54, 1.807) is 12.1 Å². The summed E-state index contributed by atoms with van der Waals surface area (Å²) in [4.78, 5) is 0. The van der Waals surface area contributed by atoms with Crippen LogP contribution in [0.15, 0.2) is 18.3 Å². The summed E-state index contributed by atoms with van der Waals surface area (Å²) in [5.41, 5.74) is 0.531. The summed E-state index contributed by atoms with van der Waals surface area (Å²) in [6.07, 6.45) is 3.83. The first-order valence-corrected chi connectivity index (χ1v) is 5.46. The zero-order valence-electron chi connectivity index (χ0n) is 8.83. The van der Waals surface area contributed by atoms with E-state index in [-0.39, 0.29) is 5.75 Å². The van der Waals surface area contributed by atoms with E-state index in [2.05, 4.69) is 10.2 Å². The molecule has 1 aliphatic rings. The van der Waals surface area contributed by atoms with Crippen LogP contribution in [0, 0.1) is 0 Å². The summed E-state index contributed by atoms with van der Waals surface area (Å²) < 4.78 is 7.19. The Morgan fingerprint density at radius 1 is 1.31 bits per heavy atom. The van der Waals surface area contributed by atoms with Gasteiger partial charge in [0.1, 0.15) is 5.82 Å². The van der Waals surface area contributed by atoms with Gasteiger partial charge in [0, 0.05) is 25.3 Å². The van der Waals surface area contributed by atoms with Crippen molar-refractivity contribution >= 4 is 5.65 Å². The van der Waals surface area contributed by atoms with Gasteiger partial charge in [0.2, 0.25) is 5.65 Å². The molecule has 1 aliphatic heterocycles. The molecule has 1 fully saturated rings. The number of nitrogens with zero attached hydrogens (tertiary/aromatic N) is 3. The lowest BCUT2D eigenvalue weighted by atomic mass is 10.00. The number of pyridine rings is 1. The van der Waals surface area contributed by atoms with Crippen LogP contribution in [0.4, 0.5) is 0 Å². The van der Waals surface area contributed by atoms with Gasteiger partial charge in [0.15, 0.2) is 5.75 Å². The molecule has 16 heavy (non-hydrogen) atoms. The molecule has 1 saturated heterocycles. The van der Waals surface area contributed by atoms with Crippen molar-refractivity contribution in [2.24, 2.45) is 0 Å². The second-order valence-electron chi connectivity index (χ2n) is 4.03. The van der Waals surface area contributed by atoms with Crippen molar-refractivity contribution < 1.29 is 9.84 Å². The highest BCUT2D eigenvalue weighted by molar-refractivity contribution is 5.52. The predicted octanol–water partition coefficient (Wildman–Crippen LogP) is 1.33. The molecule has 0 bridgehead atoms. The number of fused-ring (bicyclic) bond motifs is 1. The van der Waals surface area contributed by atoms with Crippen LogP contribution in [0.2, 0.25) is 0 Å². The molecular formula is C11H13N3O2. The van der Waals surface area contributed by atoms with Crippen molar-refractivity contribution in [2.45, 2.75) is 18.8 Å². The molecule has 0 saturated carbocycles. The van der Waals surface area contributed by atoms with Gasteiger partial charge in [-0.05, 0) is 25.0 Å². The molecule has 84 valence electrons. The van der Waals surface area contributed by atoms with Crippen molar-refractivity contribution in [3.05, 3.63) is 24.2 Å². The van der Waals surface area contributed by atoms with E-state index in [9.17, 15) is 5.11 Å². The van der Waals surface area contributed by atoms with Gasteiger partial charge in [-0.15, -0.1) is 10.2 Å². The molecule has 0 unspecified atom stereocenters. The first kappa shape index (κ1) is 9.59. The minimum atomic E-state index is 0.174. The number of aromatic nitrogens is 3. The quantitative estimate of drug-likeness (QED) is 0.786. The Bertz CT molecular complexity index is 503. The van der Waals surface area contributed by atoms with Crippen LogP contribution in [-0.2, 0) is 4.74 Å². The number of hydrogen-bond acceptors (Lipinski definition) is 4. The van der Waals surface area contributed by atoms with Gasteiger partial charge >= 0.3 is 0 Å². The van der Waals surface area contributed by atoms with Gasteiger partial charge in [-0.3, -0.25) is 4.40 Å². The molecule has 0 radical (unpaired) electrons. The Labute approximate surface area is 92.7 Å². The van der Waals surface area contributed by atoms with Crippen molar-refractivity contribution in [3.8, 4) is 5.75 Å². The van der Waals surface area contributed by atoms with E-state index < -0.39 is 0 Å². The van der Waals surface area contributed by atoms with Crippen LogP contribution in [0.3, 0.4) is 0 Å². The van der Waals surface area contributed by atoms with Crippen molar-refractivity contribution in [2.75, 3.05) is 13.2 Å². The first-order chi connectivity index (χ1) is 7.86. The largest absolute Gasteiger partial charge is 0.504 e. The maximum absolute atomic E-state index is 9.63. The molecule has 0 atom stereocenters. The van der Waals surface area contributed by atoms with Crippen LogP contribution in [-0.4, -0.2) is 32.9 Å². The van der Waals surface area contributed by atoms with Crippen molar-refractivity contribution in [1.82, 2.24) is 14.6 Å². The molecule has 3 heterocycles.